The highest BCUT2D eigenvalue weighted by atomic mass is 16.2. The van der Waals surface area contributed by atoms with Crippen LogP contribution in [0.4, 0.5) is 0 Å². The molecule has 174 valence electrons. The smallest absolute Gasteiger partial charge is 0.254 e. The second-order valence-corrected chi connectivity index (χ2v) is 9.55. The Hall–Kier alpha value is -2.56. The fourth-order valence-electron chi connectivity index (χ4n) is 4.61. The molecule has 0 spiro atoms. The molecule has 5 nitrogen and oxygen atoms in total. The lowest BCUT2D eigenvalue weighted by molar-refractivity contribution is -0.133. The number of benzene rings is 1. The molecule has 0 saturated heterocycles. The van der Waals surface area contributed by atoms with Gasteiger partial charge in [-0.15, -0.1) is 0 Å². The lowest BCUT2D eigenvalue weighted by Crippen LogP contribution is -2.48. The van der Waals surface area contributed by atoms with Crippen molar-refractivity contribution in [3.05, 3.63) is 59.4 Å². The van der Waals surface area contributed by atoms with Gasteiger partial charge in [-0.1, -0.05) is 52.2 Å². The van der Waals surface area contributed by atoms with E-state index in [2.05, 4.69) is 31.4 Å². The Labute approximate surface area is 193 Å². The number of rotatable bonds is 9. The molecule has 3 rings (SSSR count). The first-order valence-electron chi connectivity index (χ1n) is 12.2. The summed E-state index contributed by atoms with van der Waals surface area (Å²) in [5, 5.41) is 0. The maximum absolute atomic E-state index is 13.5. The molecular weight excluding hydrogens is 398 g/mol. The highest BCUT2D eigenvalue weighted by Crippen LogP contribution is 2.25. The Balaban J connectivity index is 1.81. The summed E-state index contributed by atoms with van der Waals surface area (Å²) in [5.41, 5.74) is 3.00. The van der Waals surface area contributed by atoms with E-state index in [1.165, 1.54) is 12.0 Å². The molecule has 2 aromatic rings. The van der Waals surface area contributed by atoms with Gasteiger partial charge in [0.25, 0.3) is 5.91 Å². The van der Waals surface area contributed by atoms with Crippen LogP contribution in [0.25, 0.3) is 0 Å². The quantitative estimate of drug-likeness (QED) is 0.551. The molecule has 1 saturated carbocycles. The van der Waals surface area contributed by atoms with Crippen LogP contribution in [0.1, 0.15) is 74.5 Å². The normalized spacial score (nSPS) is 14.5. The Morgan fingerprint density at radius 1 is 1.06 bits per heavy atom. The molecule has 0 atom stereocenters. The Bertz CT molecular complexity index is 879. The first-order valence-corrected chi connectivity index (χ1v) is 12.2. The Morgan fingerprint density at radius 2 is 1.75 bits per heavy atom. The van der Waals surface area contributed by atoms with Gasteiger partial charge in [-0.25, -0.2) is 0 Å². The second kappa shape index (κ2) is 11.3. The summed E-state index contributed by atoms with van der Waals surface area (Å²) >= 11 is 0. The third kappa shape index (κ3) is 6.24. The van der Waals surface area contributed by atoms with Crippen LogP contribution in [-0.4, -0.2) is 45.3 Å². The fraction of sp³-hybridized carbons (Fsp3) is 0.556. The van der Waals surface area contributed by atoms with Gasteiger partial charge in [0, 0.05) is 37.1 Å². The molecule has 1 fully saturated rings. The van der Waals surface area contributed by atoms with Gasteiger partial charge in [-0.3, -0.25) is 9.59 Å². The third-order valence-electron chi connectivity index (χ3n) is 6.53. The zero-order valence-corrected chi connectivity index (χ0v) is 20.2. The summed E-state index contributed by atoms with van der Waals surface area (Å²) in [6, 6.07) is 12.1. The van der Waals surface area contributed by atoms with Gasteiger partial charge in [0.15, 0.2) is 0 Å². The van der Waals surface area contributed by atoms with Crippen LogP contribution in [0, 0.1) is 5.92 Å². The minimum atomic E-state index is -0.0173. The highest BCUT2D eigenvalue weighted by molar-refractivity contribution is 5.96. The van der Waals surface area contributed by atoms with Gasteiger partial charge in [0.05, 0.1) is 6.54 Å². The predicted molar refractivity (Wildman–Crippen MR) is 129 cm³/mol. The van der Waals surface area contributed by atoms with E-state index in [1.807, 2.05) is 53.4 Å². The van der Waals surface area contributed by atoms with Crippen molar-refractivity contribution >= 4 is 11.8 Å². The van der Waals surface area contributed by atoms with E-state index in [4.69, 9.17) is 0 Å². The SMILES string of the molecule is CCc1ccc(C(=O)N(CC(=O)N(Cc2cccn2C)CC(C)C)C2CCCCC2)cc1. The molecule has 1 aromatic heterocycles. The Morgan fingerprint density at radius 3 is 2.31 bits per heavy atom. The first-order chi connectivity index (χ1) is 15.4. The van der Waals surface area contributed by atoms with Crippen LogP contribution in [0.15, 0.2) is 42.6 Å². The minimum absolute atomic E-state index is 0.0173. The standard InChI is InChI=1S/C27H39N3O2/c1-5-22-13-15-23(16-14-22)27(32)30(24-10-7-6-8-11-24)20-26(31)29(18-21(2)3)19-25-12-9-17-28(25)4/h9,12-17,21,24H,5-8,10-11,18-20H2,1-4H3. The molecule has 0 bridgehead atoms. The number of hydrogen-bond donors (Lipinski definition) is 0. The highest BCUT2D eigenvalue weighted by Gasteiger charge is 2.30. The van der Waals surface area contributed by atoms with Gasteiger partial charge in [0.2, 0.25) is 5.91 Å². The summed E-state index contributed by atoms with van der Waals surface area (Å²) in [5.74, 6) is 0.375. The summed E-state index contributed by atoms with van der Waals surface area (Å²) in [7, 11) is 2.01. The molecule has 0 aliphatic heterocycles. The molecule has 32 heavy (non-hydrogen) atoms. The summed E-state index contributed by atoms with van der Waals surface area (Å²) in [6.45, 7) is 7.77. The molecule has 5 heteroatoms. The average molecular weight is 438 g/mol. The topological polar surface area (TPSA) is 45.6 Å². The van der Waals surface area contributed by atoms with E-state index >= 15 is 0 Å². The van der Waals surface area contributed by atoms with Crippen LogP contribution in [0.2, 0.25) is 0 Å². The van der Waals surface area contributed by atoms with E-state index in [0.717, 1.165) is 37.8 Å². The number of carbonyl (C=O) groups excluding carboxylic acids is 2. The molecular formula is C27H39N3O2. The van der Waals surface area contributed by atoms with Crippen LogP contribution in [0.5, 0.6) is 0 Å². The van der Waals surface area contributed by atoms with Crippen molar-refractivity contribution in [3.8, 4) is 0 Å². The van der Waals surface area contributed by atoms with Crippen molar-refractivity contribution < 1.29 is 9.59 Å². The van der Waals surface area contributed by atoms with Crippen molar-refractivity contribution in [1.82, 2.24) is 14.4 Å². The zero-order valence-electron chi connectivity index (χ0n) is 20.2. The maximum Gasteiger partial charge on any atom is 0.254 e. The van der Waals surface area contributed by atoms with Gasteiger partial charge in [-0.2, -0.15) is 0 Å². The van der Waals surface area contributed by atoms with E-state index in [-0.39, 0.29) is 24.4 Å². The number of amides is 2. The van der Waals surface area contributed by atoms with Crippen LogP contribution < -0.4 is 0 Å². The number of aryl methyl sites for hydroxylation is 2. The number of aromatic nitrogens is 1. The second-order valence-electron chi connectivity index (χ2n) is 9.55. The first kappa shape index (κ1) is 24.1. The van der Waals surface area contributed by atoms with Gasteiger partial charge in [-0.05, 0) is 55.0 Å². The predicted octanol–water partition coefficient (Wildman–Crippen LogP) is 5.05. The Kier molecular flexibility index (Phi) is 8.54. The van der Waals surface area contributed by atoms with Crippen molar-refractivity contribution in [3.63, 3.8) is 0 Å². The van der Waals surface area contributed by atoms with E-state index in [0.29, 0.717) is 24.6 Å². The largest absolute Gasteiger partial charge is 0.353 e. The number of hydrogen-bond acceptors (Lipinski definition) is 2. The van der Waals surface area contributed by atoms with Crippen molar-refractivity contribution in [2.75, 3.05) is 13.1 Å². The molecule has 0 unspecified atom stereocenters. The number of carbonyl (C=O) groups is 2. The van der Waals surface area contributed by atoms with E-state index in [9.17, 15) is 9.59 Å². The van der Waals surface area contributed by atoms with Crippen molar-refractivity contribution in [2.24, 2.45) is 13.0 Å². The van der Waals surface area contributed by atoms with Gasteiger partial charge < -0.3 is 14.4 Å². The van der Waals surface area contributed by atoms with Gasteiger partial charge in [0.1, 0.15) is 6.54 Å². The maximum atomic E-state index is 13.5. The lowest BCUT2D eigenvalue weighted by atomic mass is 9.93. The minimum Gasteiger partial charge on any atom is -0.353 e. The summed E-state index contributed by atoms with van der Waals surface area (Å²) in [6.07, 6.45) is 8.37. The molecule has 1 aliphatic rings. The van der Waals surface area contributed by atoms with Crippen LogP contribution in [0.3, 0.4) is 0 Å². The van der Waals surface area contributed by atoms with Crippen LogP contribution >= 0.6 is 0 Å². The fourth-order valence-corrected chi connectivity index (χ4v) is 4.61. The van der Waals surface area contributed by atoms with Gasteiger partial charge >= 0.3 is 0 Å². The average Bonchev–Trinajstić information content (AvgIpc) is 3.21. The van der Waals surface area contributed by atoms with E-state index < -0.39 is 0 Å². The summed E-state index contributed by atoms with van der Waals surface area (Å²) in [4.78, 5) is 30.9. The molecule has 1 aliphatic carbocycles. The number of nitrogens with zero attached hydrogens (tertiary/aromatic N) is 3. The lowest BCUT2D eigenvalue weighted by Gasteiger charge is -2.36. The monoisotopic (exact) mass is 437 g/mol. The van der Waals surface area contributed by atoms with Crippen molar-refractivity contribution in [2.45, 2.75) is 71.9 Å². The third-order valence-corrected chi connectivity index (χ3v) is 6.53. The molecule has 2 amide bonds. The van der Waals surface area contributed by atoms with E-state index in [1.54, 1.807) is 0 Å². The molecule has 1 aromatic carbocycles. The molecule has 0 N–H and O–H groups in total. The molecule has 1 heterocycles. The molecule has 0 radical (unpaired) electrons. The van der Waals surface area contributed by atoms with Crippen molar-refractivity contribution in [1.29, 1.82) is 0 Å². The summed E-state index contributed by atoms with van der Waals surface area (Å²) < 4.78 is 2.06. The van der Waals surface area contributed by atoms with Crippen LogP contribution in [-0.2, 0) is 24.8 Å². The zero-order chi connectivity index (χ0) is 23.1.